The molecular formula is C33H36BF3O. The van der Waals surface area contributed by atoms with Gasteiger partial charge in [0.15, 0.2) is 19.4 Å². The SMILES string of the molecule is BCOc1ccc(-c2ccc(-c3ccc(C4CCC(C5CCC(C=C)CC5)CC4)c(F)c3)cc2)c(F)c1F. The highest BCUT2D eigenvalue weighted by atomic mass is 19.2. The lowest BCUT2D eigenvalue weighted by Gasteiger charge is -2.37. The van der Waals surface area contributed by atoms with Crippen molar-refractivity contribution < 1.29 is 17.9 Å². The van der Waals surface area contributed by atoms with Gasteiger partial charge in [-0.1, -0.05) is 42.5 Å². The molecule has 0 amide bonds. The van der Waals surface area contributed by atoms with Crippen LogP contribution in [0.5, 0.6) is 5.75 Å². The van der Waals surface area contributed by atoms with Crippen molar-refractivity contribution in [3.8, 4) is 28.0 Å². The Balaban J connectivity index is 1.24. The lowest BCUT2D eigenvalue weighted by molar-refractivity contribution is 0.171. The summed E-state index contributed by atoms with van der Waals surface area (Å²) in [6.07, 6.45) is 11.8. The lowest BCUT2D eigenvalue weighted by atomic mass is 9.68. The van der Waals surface area contributed by atoms with Gasteiger partial charge in [-0.05, 0) is 115 Å². The van der Waals surface area contributed by atoms with Gasteiger partial charge in [0.2, 0.25) is 5.82 Å². The summed E-state index contributed by atoms with van der Waals surface area (Å²) >= 11 is 0. The van der Waals surface area contributed by atoms with E-state index in [1.807, 2.05) is 24.3 Å². The number of hydrogen-bond acceptors (Lipinski definition) is 1. The van der Waals surface area contributed by atoms with Crippen molar-refractivity contribution in [2.75, 3.05) is 6.51 Å². The van der Waals surface area contributed by atoms with Crippen molar-refractivity contribution in [2.24, 2.45) is 17.8 Å². The Morgan fingerprint density at radius 1 is 0.737 bits per heavy atom. The summed E-state index contributed by atoms with van der Waals surface area (Å²) in [5.41, 5.74) is 3.17. The average Bonchev–Trinajstić information content (AvgIpc) is 2.96. The molecule has 2 aliphatic rings. The van der Waals surface area contributed by atoms with E-state index in [0.717, 1.165) is 41.4 Å². The molecule has 5 heteroatoms. The number of allylic oxidation sites excluding steroid dienone is 1. The number of halogens is 3. The molecule has 0 aliphatic heterocycles. The third kappa shape index (κ3) is 5.57. The van der Waals surface area contributed by atoms with Crippen molar-refractivity contribution in [2.45, 2.75) is 57.3 Å². The predicted molar refractivity (Wildman–Crippen MR) is 152 cm³/mol. The van der Waals surface area contributed by atoms with Crippen LogP contribution in [-0.4, -0.2) is 14.4 Å². The van der Waals surface area contributed by atoms with Crippen molar-refractivity contribution >= 4 is 7.85 Å². The van der Waals surface area contributed by atoms with Crippen molar-refractivity contribution in [1.82, 2.24) is 0 Å². The largest absolute Gasteiger partial charge is 0.500 e. The third-order valence-corrected chi connectivity index (χ3v) is 8.90. The standard InChI is InChI=1S/C33H36BF3O/c1-2-21-3-5-22(6-4-21)23-7-11-25(12-8-23)28-16-15-27(19-30(28)35)24-9-13-26(14-10-24)29-17-18-31(38-20-34)33(37)32(29)36/h2,9-10,13-19,21-23,25H,1,3-8,11-12,20,34H2. The zero-order valence-electron chi connectivity index (χ0n) is 22.2. The number of ether oxygens (including phenoxy) is 1. The Bertz CT molecular complexity index is 1260. The first-order valence-electron chi connectivity index (χ1n) is 14.1. The molecule has 0 atom stereocenters. The van der Waals surface area contributed by atoms with Crippen LogP contribution in [0.25, 0.3) is 22.3 Å². The molecule has 2 saturated carbocycles. The molecule has 0 N–H and O–H groups in total. The Morgan fingerprint density at radius 3 is 1.95 bits per heavy atom. The molecule has 1 nitrogen and oxygen atoms in total. The Labute approximate surface area is 225 Å². The molecule has 198 valence electrons. The first kappa shape index (κ1) is 26.7. The fourth-order valence-electron chi connectivity index (χ4n) is 6.66. The maximum atomic E-state index is 15.3. The molecule has 0 aromatic heterocycles. The molecule has 38 heavy (non-hydrogen) atoms. The Morgan fingerprint density at radius 2 is 1.34 bits per heavy atom. The van der Waals surface area contributed by atoms with Crippen LogP contribution in [0.1, 0.15) is 62.8 Å². The Kier molecular flexibility index (Phi) is 8.31. The summed E-state index contributed by atoms with van der Waals surface area (Å²) in [7, 11) is 1.72. The summed E-state index contributed by atoms with van der Waals surface area (Å²) in [6.45, 7) is 4.23. The summed E-state index contributed by atoms with van der Waals surface area (Å²) in [6, 6.07) is 15.6. The second kappa shape index (κ2) is 11.8. The molecule has 2 fully saturated rings. The van der Waals surface area contributed by atoms with Gasteiger partial charge >= 0.3 is 0 Å². The predicted octanol–water partition coefficient (Wildman–Crippen LogP) is 8.67. The molecule has 0 bridgehead atoms. The van der Waals surface area contributed by atoms with Gasteiger partial charge in [-0.2, -0.15) is 4.39 Å². The highest BCUT2D eigenvalue weighted by Gasteiger charge is 2.31. The summed E-state index contributed by atoms with van der Waals surface area (Å²) in [4.78, 5) is 0. The second-order valence-electron chi connectivity index (χ2n) is 11.0. The normalized spacial score (nSPS) is 23.7. The van der Waals surface area contributed by atoms with E-state index in [1.165, 1.54) is 50.7 Å². The fourth-order valence-corrected chi connectivity index (χ4v) is 6.66. The van der Waals surface area contributed by atoms with Gasteiger partial charge < -0.3 is 4.74 Å². The van der Waals surface area contributed by atoms with Crippen LogP contribution in [0.15, 0.2) is 67.3 Å². The monoisotopic (exact) mass is 516 g/mol. The van der Waals surface area contributed by atoms with E-state index in [4.69, 9.17) is 4.74 Å². The van der Waals surface area contributed by atoms with E-state index in [9.17, 15) is 8.78 Å². The van der Waals surface area contributed by atoms with Crippen LogP contribution in [0.3, 0.4) is 0 Å². The molecule has 0 radical (unpaired) electrons. The highest BCUT2D eigenvalue weighted by Crippen LogP contribution is 2.44. The summed E-state index contributed by atoms with van der Waals surface area (Å²) in [5.74, 6) is 0.429. The van der Waals surface area contributed by atoms with E-state index in [2.05, 4.69) is 12.7 Å². The van der Waals surface area contributed by atoms with Crippen LogP contribution in [0.4, 0.5) is 13.2 Å². The van der Waals surface area contributed by atoms with Gasteiger partial charge in [-0.3, -0.25) is 0 Å². The van der Waals surface area contributed by atoms with Crippen LogP contribution < -0.4 is 4.74 Å². The maximum Gasteiger partial charge on any atom is 0.201 e. The third-order valence-electron chi connectivity index (χ3n) is 8.90. The second-order valence-corrected chi connectivity index (χ2v) is 11.0. The van der Waals surface area contributed by atoms with E-state index in [-0.39, 0.29) is 29.6 Å². The van der Waals surface area contributed by atoms with Crippen molar-refractivity contribution in [3.05, 3.63) is 90.3 Å². The number of hydrogen-bond donors (Lipinski definition) is 0. The lowest BCUT2D eigenvalue weighted by Crippen LogP contribution is -2.25. The highest BCUT2D eigenvalue weighted by molar-refractivity contribution is 6.08. The van der Waals surface area contributed by atoms with E-state index in [0.29, 0.717) is 11.5 Å². The molecule has 0 heterocycles. The Hall–Kier alpha value is -2.95. The minimum absolute atomic E-state index is 0.0925. The van der Waals surface area contributed by atoms with E-state index in [1.54, 1.807) is 26.0 Å². The molecule has 5 rings (SSSR count). The van der Waals surface area contributed by atoms with Crippen LogP contribution >= 0.6 is 0 Å². The molecule has 0 saturated heterocycles. The maximum absolute atomic E-state index is 15.3. The zero-order chi connectivity index (χ0) is 26.6. The van der Waals surface area contributed by atoms with Gasteiger partial charge in [-0.25, -0.2) is 8.78 Å². The van der Waals surface area contributed by atoms with Crippen LogP contribution in [-0.2, 0) is 0 Å². The van der Waals surface area contributed by atoms with Crippen LogP contribution in [0, 0.1) is 35.2 Å². The minimum atomic E-state index is -0.986. The average molecular weight is 516 g/mol. The van der Waals surface area contributed by atoms with Crippen molar-refractivity contribution in [3.63, 3.8) is 0 Å². The summed E-state index contributed by atoms with van der Waals surface area (Å²) in [5, 5.41) is 0. The number of rotatable bonds is 7. The number of benzene rings is 3. The first-order valence-corrected chi connectivity index (χ1v) is 14.1. The summed E-state index contributed by atoms with van der Waals surface area (Å²) < 4.78 is 49.4. The molecule has 3 aromatic rings. The quantitative estimate of drug-likeness (QED) is 0.226. The van der Waals surface area contributed by atoms with E-state index < -0.39 is 11.6 Å². The van der Waals surface area contributed by atoms with Crippen molar-refractivity contribution in [1.29, 1.82) is 0 Å². The zero-order valence-corrected chi connectivity index (χ0v) is 22.2. The molecule has 2 aliphatic carbocycles. The fraction of sp³-hybridized carbons (Fsp3) is 0.394. The van der Waals surface area contributed by atoms with E-state index >= 15 is 4.39 Å². The van der Waals surface area contributed by atoms with Gasteiger partial charge in [0, 0.05) is 5.56 Å². The molecule has 3 aromatic carbocycles. The van der Waals surface area contributed by atoms with Crippen LogP contribution in [0.2, 0.25) is 0 Å². The smallest absolute Gasteiger partial charge is 0.201 e. The molecule has 0 unspecified atom stereocenters. The van der Waals surface area contributed by atoms with Gasteiger partial charge in [0.25, 0.3) is 0 Å². The molecular weight excluding hydrogens is 480 g/mol. The first-order chi connectivity index (χ1) is 18.5. The van der Waals surface area contributed by atoms with Gasteiger partial charge in [0.1, 0.15) is 5.82 Å². The minimum Gasteiger partial charge on any atom is -0.500 e. The molecule has 0 spiro atoms. The van der Waals surface area contributed by atoms with Gasteiger partial charge in [0.05, 0.1) is 6.51 Å². The topological polar surface area (TPSA) is 9.23 Å². The van der Waals surface area contributed by atoms with Gasteiger partial charge in [-0.15, -0.1) is 6.58 Å².